The van der Waals surface area contributed by atoms with Gasteiger partial charge in [-0.1, -0.05) is 46.4 Å². The molecule has 2 aromatic rings. The number of aromatic nitrogens is 4. The average Bonchev–Trinajstić information content (AvgIpc) is 2.61. The molecule has 0 saturated carbocycles. The monoisotopic (exact) mass is 407 g/mol. The van der Waals surface area contributed by atoms with Crippen LogP contribution in [0, 0.1) is 5.92 Å². The van der Waals surface area contributed by atoms with Crippen LogP contribution in [-0.4, -0.2) is 37.3 Å². The van der Waals surface area contributed by atoms with E-state index in [2.05, 4.69) is 29.1 Å². The minimum Gasteiger partial charge on any atom is -0.355 e. The van der Waals surface area contributed by atoms with Crippen molar-refractivity contribution in [1.29, 1.82) is 0 Å². The summed E-state index contributed by atoms with van der Waals surface area (Å²) in [5.41, 5.74) is -0.990. The van der Waals surface area contributed by atoms with Crippen molar-refractivity contribution in [2.45, 2.75) is 51.5 Å². The number of fused-ring (bicyclic) bond motifs is 1. The Labute approximate surface area is 168 Å². The molecule has 8 nitrogen and oxygen atoms in total. The second kappa shape index (κ2) is 8.46. The minimum absolute atomic E-state index is 0.114. The Hall–Kier alpha value is -2.16. The Balaban J connectivity index is 2.47. The summed E-state index contributed by atoms with van der Waals surface area (Å²) in [5.74, 6) is 1.06. The van der Waals surface area contributed by atoms with Gasteiger partial charge in [0.05, 0.1) is 5.75 Å². The number of hydrogen-bond acceptors (Lipinski definition) is 6. The molecular formula is C19H29N5O3S. The van der Waals surface area contributed by atoms with E-state index in [9.17, 15) is 14.4 Å². The van der Waals surface area contributed by atoms with Crippen LogP contribution in [0.1, 0.15) is 46.9 Å². The summed E-state index contributed by atoms with van der Waals surface area (Å²) < 4.78 is 2.38. The molecule has 154 valence electrons. The van der Waals surface area contributed by atoms with Crippen molar-refractivity contribution in [1.82, 2.24) is 24.4 Å². The van der Waals surface area contributed by atoms with E-state index in [1.807, 2.05) is 20.8 Å². The third-order valence-corrected chi connectivity index (χ3v) is 5.30. The van der Waals surface area contributed by atoms with E-state index in [0.717, 1.165) is 11.0 Å². The Morgan fingerprint density at radius 3 is 2.36 bits per heavy atom. The lowest BCUT2D eigenvalue weighted by Gasteiger charge is -2.19. The summed E-state index contributed by atoms with van der Waals surface area (Å²) in [7, 11) is 3.01. The van der Waals surface area contributed by atoms with Crippen LogP contribution in [0.5, 0.6) is 0 Å². The van der Waals surface area contributed by atoms with Gasteiger partial charge >= 0.3 is 5.69 Å². The lowest BCUT2D eigenvalue weighted by molar-refractivity contribution is -0.118. The van der Waals surface area contributed by atoms with Crippen molar-refractivity contribution in [3.8, 4) is 0 Å². The van der Waals surface area contributed by atoms with E-state index in [4.69, 9.17) is 0 Å². The molecule has 2 aromatic heterocycles. The molecule has 1 amide bonds. The number of nitrogens with zero attached hydrogens (tertiary/aromatic N) is 4. The number of rotatable bonds is 6. The molecule has 0 fully saturated rings. The van der Waals surface area contributed by atoms with Crippen LogP contribution in [0.2, 0.25) is 0 Å². The molecule has 0 aliphatic carbocycles. The molecule has 2 rings (SSSR count). The zero-order valence-corrected chi connectivity index (χ0v) is 18.4. The number of amides is 1. The minimum atomic E-state index is -0.457. The van der Waals surface area contributed by atoms with Gasteiger partial charge < -0.3 is 5.32 Å². The molecule has 0 spiro atoms. The molecule has 2 heterocycles. The van der Waals surface area contributed by atoms with Gasteiger partial charge in [0.2, 0.25) is 5.91 Å². The maximum Gasteiger partial charge on any atom is 0.332 e. The SMILES string of the molecule is CC(C)CCNC(=O)CSc1nc(C(C)(C)C)nc2c1c(=O)n(C)c(=O)n2C. The predicted octanol–water partition coefficient (Wildman–Crippen LogP) is 1.58. The topological polar surface area (TPSA) is 98.9 Å². The van der Waals surface area contributed by atoms with Crippen LogP contribution in [0.3, 0.4) is 0 Å². The number of carbonyl (C=O) groups excluding carboxylic acids is 1. The Bertz CT molecular complexity index is 1000. The Kier molecular flexibility index (Phi) is 6.69. The highest BCUT2D eigenvalue weighted by atomic mass is 32.2. The predicted molar refractivity (Wildman–Crippen MR) is 112 cm³/mol. The summed E-state index contributed by atoms with van der Waals surface area (Å²) in [6, 6.07) is 0. The zero-order chi connectivity index (χ0) is 21.2. The van der Waals surface area contributed by atoms with Gasteiger partial charge in [0, 0.05) is 26.1 Å². The van der Waals surface area contributed by atoms with Gasteiger partial charge in [-0.25, -0.2) is 14.8 Å². The van der Waals surface area contributed by atoms with Gasteiger partial charge in [-0.2, -0.15) is 0 Å². The van der Waals surface area contributed by atoms with Crippen molar-refractivity contribution >= 4 is 28.7 Å². The summed E-state index contributed by atoms with van der Waals surface area (Å²) in [4.78, 5) is 46.3. The van der Waals surface area contributed by atoms with Gasteiger partial charge in [-0.05, 0) is 12.3 Å². The lowest BCUT2D eigenvalue weighted by atomic mass is 9.96. The van der Waals surface area contributed by atoms with Gasteiger partial charge in [0.25, 0.3) is 5.56 Å². The molecule has 0 radical (unpaired) electrons. The highest BCUT2D eigenvalue weighted by molar-refractivity contribution is 8.00. The number of nitrogens with one attached hydrogen (secondary N) is 1. The van der Waals surface area contributed by atoms with E-state index in [-0.39, 0.29) is 28.1 Å². The third kappa shape index (κ3) is 4.81. The summed E-state index contributed by atoms with van der Waals surface area (Å²) in [6.45, 7) is 10.7. The fraction of sp³-hybridized carbons (Fsp3) is 0.632. The highest BCUT2D eigenvalue weighted by Gasteiger charge is 2.24. The van der Waals surface area contributed by atoms with E-state index >= 15 is 0 Å². The maximum atomic E-state index is 12.7. The van der Waals surface area contributed by atoms with Gasteiger partial charge in [-0.15, -0.1) is 0 Å². The molecule has 0 aromatic carbocycles. The van der Waals surface area contributed by atoms with Gasteiger partial charge in [0.1, 0.15) is 16.2 Å². The molecular weight excluding hydrogens is 378 g/mol. The molecule has 28 heavy (non-hydrogen) atoms. The lowest BCUT2D eigenvalue weighted by Crippen LogP contribution is -2.38. The van der Waals surface area contributed by atoms with Crippen molar-refractivity contribution in [2.75, 3.05) is 12.3 Å². The standard InChI is InChI=1S/C19H29N5O3S/c1-11(2)8-9-20-12(25)10-28-15-13-14(21-17(22-15)19(3,4)5)23(6)18(27)24(7)16(13)26/h11H,8-10H2,1-7H3,(H,20,25). The first-order valence-electron chi connectivity index (χ1n) is 9.31. The average molecular weight is 408 g/mol. The number of thioether (sulfide) groups is 1. The first-order valence-corrected chi connectivity index (χ1v) is 10.3. The van der Waals surface area contributed by atoms with Crippen LogP contribution < -0.4 is 16.6 Å². The van der Waals surface area contributed by atoms with E-state index in [1.54, 1.807) is 7.05 Å². The molecule has 1 N–H and O–H groups in total. The quantitative estimate of drug-likeness (QED) is 0.577. The molecule has 9 heteroatoms. The second-order valence-corrected chi connectivity index (χ2v) is 9.29. The number of carbonyl (C=O) groups is 1. The van der Waals surface area contributed by atoms with E-state index in [1.165, 1.54) is 23.4 Å². The van der Waals surface area contributed by atoms with E-state index in [0.29, 0.717) is 23.3 Å². The number of aryl methyl sites for hydroxylation is 1. The van der Waals surface area contributed by atoms with Crippen LogP contribution in [0.4, 0.5) is 0 Å². The first kappa shape index (κ1) is 22.1. The molecule has 0 aliphatic rings. The van der Waals surface area contributed by atoms with E-state index < -0.39 is 11.2 Å². The number of hydrogen-bond donors (Lipinski definition) is 1. The maximum absolute atomic E-state index is 12.7. The van der Waals surface area contributed by atoms with Gasteiger partial charge in [0.15, 0.2) is 5.65 Å². The molecule has 0 aliphatic heterocycles. The summed E-state index contributed by atoms with van der Waals surface area (Å²) >= 11 is 1.19. The van der Waals surface area contributed by atoms with Crippen molar-refractivity contribution in [3.63, 3.8) is 0 Å². The highest BCUT2D eigenvalue weighted by Crippen LogP contribution is 2.26. The van der Waals surface area contributed by atoms with Gasteiger partial charge in [-0.3, -0.25) is 18.7 Å². The fourth-order valence-electron chi connectivity index (χ4n) is 2.55. The fourth-order valence-corrected chi connectivity index (χ4v) is 3.40. The summed E-state index contributed by atoms with van der Waals surface area (Å²) in [5, 5.41) is 3.57. The van der Waals surface area contributed by atoms with Crippen LogP contribution in [-0.2, 0) is 24.3 Å². The molecule has 0 bridgehead atoms. The van der Waals surface area contributed by atoms with Crippen LogP contribution in [0.15, 0.2) is 14.6 Å². The smallest absolute Gasteiger partial charge is 0.332 e. The van der Waals surface area contributed by atoms with Crippen LogP contribution in [0.25, 0.3) is 11.0 Å². The second-order valence-electron chi connectivity index (χ2n) is 8.33. The van der Waals surface area contributed by atoms with Crippen LogP contribution >= 0.6 is 11.8 Å². The Morgan fingerprint density at radius 2 is 1.79 bits per heavy atom. The largest absolute Gasteiger partial charge is 0.355 e. The molecule has 0 unspecified atom stereocenters. The molecule has 0 saturated heterocycles. The van der Waals surface area contributed by atoms with Crippen molar-refractivity contribution < 1.29 is 4.79 Å². The normalized spacial score (nSPS) is 12.0. The molecule has 0 atom stereocenters. The summed E-state index contributed by atoms with van der Waals surface area (Å²) in [6.07, 6.45) is 0.906. The third-order valence-electron chi connectivity index (χ3n) is 4.32. The first-order chi connectivity index (χ1) is 12.9. The van der Waals surface area contributed by atoms with Crippen molar-refractivity contribution in [2.24, 2.45) is 20.0 Å². The zero-order valence-electron chi connectivity index (χ0n) is 17.6. The van der Waals surface area contributed by atoms with Crippen molar-refractivity contribution in [3.05, 3.63) is 26.7 Å². The Morgan fingerprint density at radius 1 is 1.14 bits per heavy atom.